The molecule has 1 aliphatic rings. The standard InChI is InChI=1S/C18H23NO6/c1-4-25-14(20)10-18(17(23)24-3)15(21)12(2)19(16(18)22)11-13-8-6-5-7-9-13/h5-9,12,15,21H,4,10-11H2,1-3H3/t12-,15-,18?/m1/s1. The summed E-state index contributed by atoms with van der Waals surface area (Å²) in [6, 6.07) is 8.56. The highest BCUT2D eigenvalue weighted by Gasteiger charge is 2.64. The number of amides is 1. The molecule has 1 amide bonds. The van der Waals surface area contributed by atoms with Gasteiger partial charge in [-0.3, -0.25) is 14.4 Å². The number of nitrogens with zero attached hydrogens (tertiary/aromatic N) is 1. The first-order valence-electron chi connectivity index (χ1n) is 8.15. The zero-order chi connectivity index (χ0) is 18.6. The van der Waals surface area contributed by atoms with Crippen molar-refractivity contribution in [2.75, 3.05) is 13.7 Å². The van der Waals surface area contributed by atoms with Gasteiger partial charge in [0.05, 0.1) is 32.3 Å². The van der Waals surface area contributed by atoms with Crippen LogP contribution in [0.1, 0.15) is 25.8 Å². The van der Waals surface area contributed by atoms with E-state index in [1.807, 2.05) is 30.3 Å². The third-order valence-corrected chi connectivity index (χ3v) is 4.57. The molecule has 1 unspecified atom stereocenters. The summed E-state index contributed by atoms with van der Waals surface area (Å²) in [7, 11) is 1.12. The third kappa shape index (κ3) is 3.37. The molecule has 25 heavy (non-hydrogen) atoms. The van der Waals surface area contributed by atoms with E-state index in [1.54, 1.807) is 13.8 Å². The lowest BCUT2D eigenvalue weighted by Gasteiger charge is -2.26. The number of carbonyl (C=O) groups excluding carboxylic acids is 3. The number of esters is 2. The Morgan fingerprint density at radius 1 is 1.28 bits per heavy atom. The van der Waals surface area contributed by atoms with E-state index in [2.05, 4.69) is 0 Å². The van der Waals surface area contributed by atoms with Crippen LogP contribution < -0.4 is 0 Å². The zero-order valence-corrected chi connectivity index (χ0v) is 14.6. The number of rotatable bonds is 6. The summed E-state index contributed by atoms with van der Waals surface area (Å²) >= 11 is 0. The van der Waals surface area contributed by atoms with Gasteiger partial charge in [0, 0.05) is 6.54 Å². The SMILES string of the molecule is CCOC(=O)CC1(C(=O)OC)C(=O)N(Cc2ccccc2)[C@H](C)[C@H]1O. The lowest BCUT2D eigenvalue weighted by molar-refractivity contribution is -0.170. The van der Waals surface area contributed by atoms with Crippen LogP contribution in [0.2, 0.25) is 0 Å². The maximum atomic E-state index is 13.1. The van der Waals surface area contributed by atoms with Gasteiger partial charge in [0.2, 0.25) is 5.91 Å². The highest BCUT2D eigenvalue weighted by molar-refractivity contribution is 6.08. The van der Waals surface area contributed by atoms with Crippen molar-refractivity contribution >= 4 is 17.8 Å². The highest BCUT2D eigenvalue weighted by Crippen LogP contribution is 2.41. The van der Waals surface area contributed by atoms with E-state index in [-0.39, 0.29) is 13.2 Å². The number of carbonyl (C=O) groups is 3. The Labute approximate surface area is 146 Å². The van der Waals surface area contributed by atoms with Gasteiger partial charge in [0.15, 0.2) is 5.41 Å². The van der Waals surface area contributed by atoms with Gasteiger partial charge in [-0.15, -0.1) is 0 Å². The van der Waals surface area contributed by atoms with Crippen molar-refractivity contribution in [3.63, 3.8) is 0 Å². The maximum absolute atomic E-state index is 13.1. The molecule has 136 valence electrons. The van der Waals surface area contributed by atoms with Crippen LogP contribution in [0.5, 0.6) is 0 Å². The lowest BCUT2D eigenvalue weighted by atomic mass is 9.79. The fourth-order valence-corrected chi connectivity index (χ4v) is 3.23. The Kier molecular flexibility index (Phi) is 5.79. The molecule has 2 rings (SSSR count). The lowest BCUT2D eigenvalue weighted by Crippen LogP contribution is -2.48. The molecule has 0 spiro atoms. The second kappa shape index (κ2) is 7.65. The number of hydrogen-bond acceptors (Lipinski definition) is 6. The van der Waals surface area contributed by atoms with E-state index in [0.717, 1.165) is 12.7 Å². The molecule has 1 aliphatic heterocycles. The summed E-state index contributed by atoms with van der Waals surface area (Å²) in [5, 5.41) is 10.7. The van der Waals surface area contributed by atoms with Crippen molar-refractivity contribution in [1.82, 2.24) is 4.90 Å². The van der Waals surface area contributed by atoms with E-state index in [4.69, 9.17) is 9.47 Å². The van der Waals surface area contributed by atoms with Crippen LogP contribution in [-0.4, -0.2) is 53.7 Å². The van der Waals surface area contributed by atoms with Gasteiger partial charge < -0.3 is 19.5 Å². The number of hydrogen-bond donors (Lipinski definition) is 1. The molecule has 0 bridgehead atoms. The first-order chi connectivity index (χ1) is 11.9. The molecule has 7 nitrogen and oxygen atoms in total. The van der Waals surface area contributed by atoms with E-state index >= 15 is 0 Å². The van der Waals surface area contributed by atoms with E-state index in [1.165, 1.54) is 4.90 Å². The predicted octanol–water partition coefficient (Wildman–Crippen LogP) is 0.891. The van der Waals surface area contributed by atoms with Gasteiger partial charge >= 0.3 is 11.9 Å². The fraction of sp³-hybridized carbons (Fsp3) is 0.500. The smallest absolute Gasteiger partial charge is 0.324 e. The van der Waals surface area contributed by atoms with Crippen molar-refractivity contribution in [2.45, 2.75) is 39.0 Å². The number of aliphatic hydroxyl groups excluding tert-OH is 1. The summed E-state index contributed by atoms with van der Waals surface area (Å²) in [6.07, 6.45) is -1.93. The molecule has 0 aromatic heterocycles. The Balaban J connectivity index is 2.37. The zero-order valence-electron chi connectivity index (χ0n) is 14.6. The molecule has 3 atom stereocenters. The first-order valence-corrected chi connectivity index (χ1v) is 8.15. The summed E-state index contributed by atoms with van der Waals surface area (Å²) < 4.78 is 9.63. The molecule has 0 saturated carbocycles. The molecule has 1 aromatic rings. The number of methoxy groups -OCH3 is 1. The van der Waals surface area contributed by atoms with Crippen LogP contribution in [-0.2, 0) is 30.4 Å². The van der Waals surface area contributed by atoms with Crippen LogP contribution in [0.25, 0.3) is 0 Å². The molecular weight excluding hydrogens is 326 g/mol. The van der Waals surface area contributed by atoms with Gasteiger partial charge in [-0.25, -0.2) is 0 Å². The average molecular weight is 349 g/mol. The minimum Gasteiger partial charge on any atom is -0.468 e. The second-order valence-corrected chi connectivity index (χ2v) is 6.05. The minimum atomic E-state index is -1.98. The average Bonchev–Trinajstić information content (AvgIpc) is 2.78. The summed E-state index contributed by atoms with van der Waals surface area (Å²) in [5.74, 6) is -2.29. The third-order valence-electron chi connectivity index (χ3n) is 4.57. The topological polar surface area (TPSA) is 93.1 Å². The molecule has 1 aromatic carbocycles. The predicted molar refractivity (Wildman–Crippen MR) is 88.2 cm³/mol. The van der Waals surface area contributed by atoms with Gasteiger partial charge in [-0.2, -0.15) is 0 Å². The van der Waals surface area contributed by atoms with Crippen LogP contribution in [0.4, 0.5) is 0 Å². The van der Waals surface area contributed by atoms with Crippen molar-refractivity contribution in [2.24, 2.45) is 5.41 Å². The largest absolute Gasteiger partial charge is 0.468 e. The summed E-state index contributed by atoms with van der Waals surface area (Å²) in [6.45, 7) is 3.60. The fourth-order valence-electron chi connectivity index (χ4n) is 3.23. The molecule has 0 radical (unpaired) electrons. The Morgan fingerprint density at radius 2 is 1.92 bits per heavy atom. The van der Waals surface area contributed by atoms with Crippen molar-refractivity contribution in [1.29, 1.82) is 0 Å². The quantitative estimate of drug-likeness (QED) is 0.606. The van der Waals surface area contributed by atoms with Crippen molar-refractivity contribution in [3.05, 3.63) is 35.9 Å². The molecule has 1 fully saturated rings. The van der Waals surface area contributed by atoms with Crippen molar-refractivity contribution < 1.29 is 29.0 Å². The van der Waals surface area contributed by atoms with Crippen LogP contribution >= 0.6 is 0 Å². The molecule has 0 aliphatic carbocycles. The number of ether oxygens (including phenoxy) is 2. The Hall–Kier alpha value is -2.41. The molecule has 7 heteroatoms. The molecular formula is C18H23NO6. The van der Waals surface area contributed by atoms with E-state index in [0.29, 0.717) is 0 Å². The van der Waals surface area contributed by atoms with Gasteiger partial charge in [-0.05, 0) is 19.4 Å². The summed E-state index contributed by atoms with van der Waals surface area (Å²) in [4.78, 5) is 38.8. The molecule has 1 saturated heterocycles. The van der Waals surface area contributed by atoms with E-state index < -0.39 is 41.8 Å². The second-order valence-electron chi connectivity index (χ2n) is 6.05. The van der Waals surface area contributed by atoms with E-state index in [9.17, 15) is 19.5 Å². The first kappa shape index (κ1) is 18.9. The monoisotopic (exact) mass is 349 g/mol. The van der Waals surface area contributed by atoms with Crippen molar-refractivity contribution in [3.8, 4) is 0 Å². The summed E-state index contributed by atoms with van der Waals surface area (Å²) in [5.41, 5.74) is -1.12. The van der Waals surface area contributed by atoms with Gasteiger partial charge in [0.25, 0.3) is 0 Å². The minimum absolute atomic E-state index is 0.115. The Morgan fingerprint density at radius 3 is 2.48 bits per heavy atom. The van der Waals surface area contributed by atoms with Crippen LogP contribution in [0, 0.1) is 5.41 Å². The molecule has 1 N–H and O–H groups in total. The molecule has 1 heterocycles. The maximum Gasteiger partial charge on any atom is 0.324 e. The number of aliphatic hydroxyl groups is 1. The number of benzene rings is 1. The normalized spacial score (nSPS) is 25.8. The van der Waals surface area contributed by atoms with Crippen LogP contribution in [0.3, 0.4) is 0 Å². The Bertz CT molecular complexity index is 646. The highest BCUT2D eigenvalue weighted by atomic mass is 16.5. The van der Waals surface area contributed by atoms with Crippen LogP contribution in [0.15, 0.2) is 30.3 Å². The van der Waals surface area contributed by atoms with Gasteiger partial charge in [0.1, 0.15) is 0 Å². The number of likely N-dealkylation sites (tertiary alicyclic amines) is 1. The van der Waals surface area contributed by atoms with Gasteiger partial charge in [-0.1, -0.05) is 30.3 Å².